The number of aliphatic hydroxyl groups is 1. The van der Waals surface area contributed by atoms with E-state index in [-0.39, 0.29) is 6.61 Å². The van der Waals surface area contributed by atoms with Gasteiger partial charge in [-0.1, -0.05) is 71.7 Å². The lowest BCUT2D eigenvalue weighted by Crippen LogP contribution is -2.00. The maximum absolute atomic E-state index is 10.3. The summed E-state index contributed by atoms with van der Waals surface area (Å²) in [6.45, 7) is 2.23. The van der Waals surface area contributed by atoms with Crippen LogP contribution in [0.25, 0.3) is 44.4 Å². The average Bonchev–Trinajstić information content (AvgIpc) is 2.89. The van der Waals surface area contributed by atoms with Gasteiger partial charge in [-0.3, -0.25) is 4.98 Å². The molecular weight excluding hydrogens is 479 g/mol. The molecule has 5 aromatic rings. The van der Waals surface area contributed by atoms with Crippen molar-refractivity contribution in [3.05, 3.63) is 101 Å². The predicted octanol–water partition coefficient (Wildman–Crippen LogP) is 7.83. The van der Waals surface area contributed by atoms with Crippen LogP contribution >= 0.6 is 23.2 Å². The Kier molecular flexibility index (Phi) is 6.69. The maximum atomic E-state index is 10.3. The molecule has 0 atom stereocenters. The Bertz CT molecular complexity index is 1520. The minimum absolute atomic E-state index is 0.173. The van der Waals surface area contributed by atoms with Crippen LogP contribution in [-0.2, 0) is 6.61 Å². The number of ether oxygens (including phenoxy) is 1. The fourth-order valence-corrected chi connectivity index (χ4v) is 4.81. The number of hydrogen-bond acceptors (Lipinski definition) is 4. The highest BCUT2D eigenvalue weighted by Crippen LogP contribution is 2.41. The van der Waals surface area contributed by atoms with E-state index in [1.807, 2.05) is 85.8 Å². The highest BCUT2D eigenvalue weighted by molar-refractivity contribution is 6.38. The molecule has 0 fully saturated rings. The summed E-state index contributed by atoms with van der Waals surface area (Å²) < 4.78 is 5.86. The Balaban J connectivity index is 1.71. The molecule has 0 aliphatic carbocycles. The van der Waals surface area contributed by atoms with Crippen molar-refractivity contribution in [2.45, 2.75) is 13.5 Å². The van der Waals surface area contributed by atoms with Crippen LogP contribution in [0.5, 0.6) is 5.88 Å². The van der Waals surface area contributed by atoms with E-state index >= 15 is 0 Å². The molecule has 0 amide bonds. The molecule has 3 aromatic carbocycles. The number of halogens is 2. The number of aromatic nitrogens is 2. The van der Waals surface area contributed by atoms with Gasteiger partial charge >= 0.3 is 0 Å². The van der Waals surface area contributed by atoms with Gasteiger partial charge in [0, 0.05) is 27.7 Å². The number of rotatable bonds is 6. The van der Waals surface area contributed by atoms with Crippen LogP contribution in [0.4, 0.5) is 0 Å². The number of aliphatic hydroxyl groups excluding tert-OH is 1. The van der Waals surface area contributed by atoms with Gasteiger partial charge in [-0.2, -0.15) is 0 Å². The largest absolute Gasteiger partial charge is 0.477 e. The molecule has 35 heavy (non-hydrogen) atoms. The first-order valence-corrected chi connectivity index (χ1v) is 12.0. The topological polar surface area (TPSA) is 55.2 Å². The van der Waals surface area contributed by atoms with Gasteiger partial charge in [-0.15, -0.1) is 0 Å². The Morgan fingerprint density at radius 1 is 0.857 bits per heavy atom. The number of nitrogens with zero attached hydrogens (tertiary/aromatic N) is 2. The second kappa shape index (κ2) is 10.0. The van der Waals surface area contributed by atoms with Gasteiger partial charge < -0.3 is 9.84 Å². The molecule has 2 aromatic heterocycles. The Morgan fingerprint density at radius 2 is 1.66 bits per heavy atom. The van der Waals surface area contributed by atoms with E-state index in [1.54, 1.807) is 6.20 Å². The molecule has 0 saturated heterocycles. The first kappa shape index (κ1) is 23.3. The maximum Gasteiger partial charge on any atom is 0.223 e. The highest BCUT2D eigenvalue weighted by Gasteiger charge is 2.19. The molecule has 0 aliphatic rings. The van der Waals surface area contributed by atoms with E-state index in [9.17, 15) is 5.11 Å². The van der Waals surface area contributed by atoms with E-state index in [4.69, 9.17) is 32.9 Å². The van der Waals surface area contributed by atoms with E-state index < -0.39 is 0 Å². The lowest BCUT2D eigenvalue weighted by atomic mass is 9.95. The van der Waals surface area contributed by atoms with Crippen LogP contribution < -0.4 is 4.74 Å². The molecular formula is C29H22Cl2N2O2. The van der Waals surface area contributed by atoms with Crippen molar-refractivity contribution in [2.75, 3.05) is 6.61 Å². The molecule has 0 spiro atoms. The molecule has 4 nitrogen and oxygen atoms in total. The molecule has 2 heterocycles. The van der Waals surface area contributed by atoms with Gasteiger partial charge in [0.05, 0.1) is 35.0 Å². The third kappa shape index (κ3) is 4.48. The fourth-order valence-electron chi connectivity index (χ4n) is 4.27. The molecule has 0 radical (unpaired) electrons. The van der Waals surface area contributed by atoms with Crippen LogP contribution in [0.1, 0.15) is 12.5 Å². The molecule has 174 valence electrons. The SMILES string of the molecule is CCOc1nc2ccc(-c3ccnc(-c4cccc(Cl)c4)c3CO)cc2c(Cl)c1-c1ccccc1. The normalized spacial score (nSPS) is 11.1. The van der Waals surface area contributed by atoms with Gasteiger partial charge in [0.25, 0.3) is 0 Å². The Labute approximate surface area is 213 Å². The highest BCUT2D eigenvalue weighted by atomic mass is 35.5. The van der Waals surface area contributed by atoms with E-state index in [1.165, 1.54) is 0 Å². The van der Waals surface area contributed by atoms with Gasteiger partial charge in [-0.25, -0.2) is 4.98 Å². The molecule has 6 heteroatoms. The van der Waals surface area contributed by atoms with Gasteiger partial charge in [0.2, 0.25) is 5.88 Å². The first-order chi connectivity index (χ1) is 17.1. The number of hydrogen-bond donors (Lipinski definition) is 1. The lowest BCUT2D eigenvalue weighted by Gasteiger charge is -2.16. The number of fused-ring (bicyclic) bond motifs is 1. The third-order valence-corrected chi connectivity index (χ3v) is 6.48. The predicted molar refractivity (Wildman–Crippen MR) is 143 cm³/mol. The van der Waals surface area contributed by atoms with Crippen molar-refractivity contribution < 1.29 is 9.84 Å². The second-order valence-electron chi connectivity index (χ2n) is 7.99. The van der Waals surface area contributed by atoms with E-state index in [0.717, 1.165) is 38.7 Å². The zero-order valence-corrected chi connectivity index (χ0v) is 20.5. The van der Waals surface area contributed by atoms with Gasteiger partial charge in [0.15, 0.2) is 0 Å². The molecule has 0 bridgehead atoms. The monoisotopic (exact) mass is 500 g/mol. The molecule has 1 N–H and O–H groups in total. The zero-order chi connectivity index (χ0) is 24.4. The van der Waals surface area contributed by atoms with Crippen molar-refractivity contribution in [1.29, 1.82) is 0 Å². The summed E-state index contributed by atoms with van der Waals surface area (Å²) >= 11 is 13.2. The van der Waals surface area contributed by atoms with Crippen molar-refractivity contribution in [3.8, 4) is 39.4 Å². The summed E-state index contributed by atoms with van der Waals surface area (Å²) in [6.07, 6.45) is 1.74. The summed E-state index contributed by atoms with van der Waals surface area (Å²) in [7, 11) is 0. The van der Waals surface area contributed by atoms with Gasteiger partial charge in [-0.05, 0) is 53.9 Å². The minimum Gasteiger partial charge on any atom is -0.477 e. The van der Waals surface area contributed by atoms with E-state index in [0.29, 0.717) is 33.8 Å². The summed E-state index contributed by atoms with van der Waals surface area (Å²) in [4.78, 5) is 9.31. The first-order valence-electron chi connectivity index (χ1n) is 11.3. The smallest absolute Gasteiger partial charge is 0.223 e. The summed E-state index contributed by atoms with van der Waals surface area (Å²) in [5.74, 6) is 0.507. The third-order valence-electron chi connectivity index (χ3n) is 5.85. The lowest BCUT2D eigenvalue weighted by molar-refractivity contribution is 0.282. The van der Waals surface area contributed by atoms with Crippen LogP contribution in [0.15, 0.2) is 85.1 Å². The molecule has 5 rings (SSSR count). The number of pyridine rings is 2. The van der Waals surface area contributed by atoms with Gasteiger partial charge in [0.1, 0.15) is 0 Å². The molecule has 0 unspecified atom stereocenters. The summed E-state index contributed by atoms with van der Waals surface area (Å²) in [5, 5.41) is 12.3. The minimum atomic E-state index is -0.173. The van der Waals surface area contributed by atoms with Crippen molar-refractivity contribution in [2.24, 2.45) is 0 Å². The Morgan fingerprint density at radius 3 is 2.40 bits per heavy atom. The van der Waals surface area contributed by atoms with E-state index in [2.05, 4.69) is 4.98 Å². The molecule has 0 saturated carbocycles. The van der Waals surface area contributed by atoms with Crippen molar-refractivity contribution in [1.82, 2.24) is 9.97 Å². The second-order valence-corrected chi connectivity index (χ2v) is 8.81. The average molecular weight is 501 g/mol. The molecule has 0 aliphatic heterocycles. The van der Waals surface area contributed by atoms with Crippen molar-refractivity contribution in [3.63, 3.8) is 0 Å². The zero-order valence-electron chi connectivity index (χ0n) is 19.0. The van der Waals surface area contributed by atoms with Crippen LogP contribution in [0, 0.1) is 0 Å². The Hall–Kier alpha value is -3.44. The standard InChI is InChI=1S/C29H22Cl2N2O2/c1-2-35-29-26(18-7-4-3-5-8-18)27(31)23-16-19(11-12-25(23)33-29)22-13-14-32-28(24(22)17-34)20-9-6-10-21(30)15-20/h3-16,34H,2,17H2,1H3. The quantitative estimate of drug-likeness (QED) is 0.258. The van der Waals surface area contributed by atoms with Crippen LogP contribution in [0.3, 0.4) is 0 Å². The summed E-state index contributed by atoms with van der Waals surface area (Å²) in [6, 6.07) is 25.1. The number of benzene rings is 3. The van der Waals surface area contributed by atoms with Crippen LogP contribution in [0.2, 0.25) is 10.0 Å². The fraction of sp³-hybridized carbons (Fsp3) is 0.103. The van der Waals surface area contributed by atoms with Crippen LogP contribution in [-0.4, -0.2) is 21.7 Å². The van der Waals surface area contributed by atoms with Crippen molar-refractivity contribution >= 4 is 34.1 Å². The summed E-state index contributed by atoms with van der Waals surface area (Å²) in [5.41, 5.74) is 6.44.